The van der Waals surface area contributed by atoms with Gasteiger partial charge in [0.2, 0.25) is 5.88 Å². The molecule has 8 heteroatoms. The van der Waals surface area contributed by atoms with Crippen molar-refractivity contribution in [3.05, 3.63) is 69.5 Å². The Morgan fingerprint density at radius 3 is 2.70 bits per heavy atom. The molecule has 1 aromatic heterocycles. The van der Waals surface area contributed by atoms with E-state index in [0.29, 0.717) is 37.4 Å². The van der Waals surface area contributed by atoms with Gasteiger partial charge < -0.3 is 15.2 Å². The second-order valence-electron chi connectivity index (χ2n) is 5.64. The number of hydrogen-bond donors (Lipinski definition) is 2. The van der Waals surface area contributed by atoms with Crippen molar-refractivity contribution < 1.29 is 19.4 Å². The first-order chi connectivity index (χ1) is 13.1. The number of nitrogens with one attached hydrogen (secondary N) is 1. The lowest BCUT2D eigenvalue weighted by Gasteiger charge is -2.07. The Morgan fingerprint density at radius 1 is 1.15 bits per heavy atom. The third-order valence-corrected chi connectivity index (χ3v) is 5.00. The molecule has 134 valence electrons. The quantitative estimate of drug-likeness (QED) is 0.670. The van der Waals surface area contributed by atoms with Gasteiger partial charge in [-0.05, 0) is 18.2 Å². The lowest BCUT2D eigenvalue weighted by molar-refractivity contribution is -0.112. The highest BCUT2D eigenvalue weighted by Gasteiger charge is 2.25. The molecule has 2 aromatic carbocycles. The normalized spacial score (nSPS) is 12.5. The fraction of sp³-hybridized carbons (Fsp3) is 0.0526. The average Bonchev–Trinajstić information content (AvgIpc) is 3.19. The molecule has 7 nitrogen and oxygen atoms in total. The van der Waals surface area contributed by atoms with Gasteiger partial charge in [-0.1, -0.05) is 41.7 Å². The van der Waals surface area contributed by atoms with Gasteiger partial charge in [0.15, 0.2) is 5.13 Å². The van der Waals surface area contributed by atoms with Gasteiger partial charge in [-0.25, -0.2) is 9.79 Å². The molecular weight excluding hydrogens is 366 g/mol. The van der Waals surface area contributed by atoms with Crippen molar-refractivity contribution in [2.75, 3.05) is 12.4 Å². The van der Waals surface area contributed by atoms with Crippen LogP contribution in [0.25, 0.3) is 5.57 Å². The third-order valence-electron chi connectivity index (χ3n) is 4.02. The minimum absolute atomic E-state index is 0.270. The third kappa shape index (κ3) is 2.96. The number of carbonyl (C=O) groups excluding carboxylic acids is 2. The Hall–Kier alpha value is -3.52. The highest BCUT2D eigenvalue weighted by atomic mass is 32.1. The summed E-state index contributed by atoms with van der Waals surface area (Å²) in [5.41, 5.74) is 1.13. The molecule has 1 aliphatic heterocycles. The van der Waals surface area contributed by atoms with Gasteiger partial charge in [0, 0.05) is 5.22 Å². The molecule has 0 saturated heterocycles. The predicted molar refractivity (Wildman–Crippen MR) is 99.6 cm³/mol. The number of ether oxygens (including phenoxy) is 1. The fourth-order valence-electron chi connectivity index (χ4n) is 2.81. The number of esters is 1. The second kappa shape index (κ2) is 6.65. The van der Waals surface area contributed by atoms with E-state index >= 15 is 0 Å². The Morgan fingerprint density at radius 2 is 1.89 bits per heavy atom. The number of methoxy groups -OCH3 is 1. The van der Waals surface area contributed by atoms with Crippen molar-refractivity contribution in [2.24, 2.45) is 4.99 Å². The second-order valence-corrected chi connectivity index (χ2v) is 6.64. The summed E-state index contributed by atoms with van der Waals surface area (Å²) in [7, 11) is 1.30. The maximum atomic E-state index is 12.3. The van der Waals surface area contributed by atoms with Gasteiger partial charge >= 0.3 is 5.97 Å². The molecule has 4 rings (SSSR count). The summed E-state index contributed by atoms with van der Waals surface area (Å²) < 4.78 is 4.77. The van der Waals surface area contributed by atoms with Crippen LogP contribution in [0.3, 0.4) is 0 Å². The van der Waals surface area contributed by atoms with Crippen LogP contribution in [0.1, 0.15) is 15.2 Å². The summed E-state index contributed by atoms with van der Waals surface area (Å²) in [5, 5.41) is 14.9. The van der Waals surface area contributed by atoms with Gasteiger partial charge in [0.05, 0.1) is 29.3 Å². The lowest BCUT2D eigenvalue weighted by Crippen LogP contribution is -2.22. The number of carbonyl (C=O) groups is 2. The Bertz CT molecular complexity index is 1200. The van der Waals surface area contributed by atoms with Crippen LogP contribution in [-0.4, -0.2) is 29.1 Å². The molecule has 0 bridgehead atoms. The van der Waals surface area contributed by atoms with E-state index in [0.717, 1.165) is 11.3 Å². The Kier molecular flexibility index (Phi) is 4.17. The number of aromatic nitrogens is 1. The minimum atomic E-state index is -0.493. The van der Waals surface area contributed by atoms with Crippen molar-refractivity contribution in [1.82, 2.24) is 4.98 Å². The van der Waals surface area contributed by atoms with Gasteiger partial charge in [0.25, 0.3) is 5.91 Å². The molecule has 0 fully saturated rings. The van der Waals surface area contributed by atoms with E-state index in [9.17, 15) is 14.7 Å². The molecule has 27 heavy (non-hydrogen) atoms. The molecule has 2 heterocycles. The first-order valence-electron chi connectivity index (χ1n) is 7.95. The topological polar surface area (TPSA) is 101 Å². The number of benzene rings is 2. The van der Waals surface area contributed by atoms with Crippen LogP contribution >= 0.6 is 11.3 Å². The smallest absolute Gasteiger partial charge is 0.339 e. The van der Waals surface area contributed by atoms with Gasteiger partial charge in [0.1, 0.15) is 4.88 Å². The highest BCUT2D eigenvalue weighted by Crippen LogP contribution is 2.35. The van der Waals surface area contributed by atoms with Gasteiger partial charge in [-0.2, -0.15) is 4.98 Å². The number of nitrogens with zero attached hydrogens (tertiary/aromatic N) is 2. The number of thiazole rings is 1. The maximum absolute atomic E-state index is 12.3. The van der Waals surface area contributed by atoms with Crippen LogP contribution in [0.4, 0.5) is 10.8 Å². The monoisotopic (exact) mass is 379 g/mol. The van der Waals surface area contributed by atoms with Crippen molar-refractivity contribution in [1.29, 1.82) is 0 Å². The summed E-state index contributed by atoms with van der Waals surface area (Å²) in [5.74, 6) is -1.18. The summed E-state index contributed by atoms with van der Waals surface area (Å²) in [6, 6.07) is 13.9. The number of anilines is 2. The predicted octanol–water partition coefficient (Wildman–Crippen LogP) is 1.74. The molecular formula is C19H13N3O4S. The van der Waals surface area contributed by atoms with Crippen molar-refractivity contribution in [3.8, 4) is 5.88 Å². The number of fused-ring (bicyclic) bond motifs is 1. The van der Waals surface area contributed by atoms with E-state index < -0.39 is 11.9 Å². The summed E-state index contributed by atoms with van der Waals surface area (Å²) >= 11 is 1.10. The van der Waals surface area contributed by atoms with Crippen LogP contribution < -0.4 is 15.9 Å². The molecule has 0 saturated carbocycles. The first kappa shape index (κ1) is 16.9. The molecule has 0 spiro atoms. The van der Waals surface area contributed by atoms with E-state index in [1.807, 2.05) is 0 Å². The zero-order valence-electron chi connectivity index (χ0n) is 14.1. The molecule has 1 aliphatic rings. The summed E-state index contributed by atoms with van der Waals surface area (Å²) in [6.45, 7) is 0. The minimum Gasteiger partial charge on any atom is -0.492 e. The molecule has 0 radical (unpaired) electrons. The lowest BCUT2D eigenvalue weighted by atomic mass is 10.1. The summed E-state index contributed by atoms with van der Waals surface area (Å²) in [4.78, 5) is 32.6. The molecule has 0 unspecified atom stereocenters. The largest absolute Gasteiger partial charge is 0.492 e. The van der Waals surface area contributed by atoms with Crippen LogP contribution in [0, 0.1) is 0 Å². The van der Waals surface area contributed by atoms with Gasteiger partial charge in [-0.15, -0.1) is 0 Å². The maximum Gasteiger partial charge on any atom is 0.339 e. The fourth-order valence-corrected chi connectivity index (χ4v) is 3.73. The number of para-hydroxylation sites is 2. The number of amides is 1. The average molecular weight is 379 g/mol. The zero-order valence-corrected chi connectivity index (χ0v) is 14.9. The van der Waals surface area contributed by atoms with Crippen molar-refractivity contribution in [3.63, 3.8) is 0 Å². The van der Waals surface area contributed by atoms with E-state index in [1.54, 1.807) is 48.5 Å². The molecule has 0 aliphatic carbocycles. The van der Waals surface area contributed by atoms with E-state index in [-0.39, 0.29) is 5.88 Å². The number of aromatic hydroxyl groups is 1. The van der Waals surface area contributed by atoms with Gasteiger partial charge in [-0.3, -0.25) is 4.79 Å². The Labute approximate surface area is 157 Å². The van der Waals surface area contributed by atoms with E-state index in [1.165, 1.54) is 7.11 Å². The van der Waals surface area contributed by atoms with Crippen LogP contribution in [0.2, 0.25) is 0 Å². The standard InChI is InChI=1S/C19H13N3O4S/c1-26-18(25)11-7-3-5-9-13(11)21-19-22-17(24)15(27-19)14-10-6-2-4-8-12(10)20-16(14)23/h2-9,24H,1H3,(H,21,22). The number of rotatable bonds is 4. The highest BCUT2D eigenvalue weighted by molar-refractivity contribution is 7.17. The Balaban J connectivity index is 1.76. The first-order valence-corrected chi connectivity index (χ1v) is 8.77. The van der Waals surface area contributed by atoms with E-state index in [2.05, 4.69) is 15.3 Å². The van der Waals surface area contributed by atoms with Crippen LogP contribution in [-0.2, 0) is 9.53 Å². The molecule has 3 aromatic rings. The SMILES string of the molecule is COC(=O)c1ccccc1Nc1nc(O)c(C2=c3ccccc3=NC2=O)s1. The van der Waals surface area contributed by atoms with Crippen LogP contribution in [0.15, 0.2) is 53.5 Å². The van der Waals surface area contributed by atoms with Crippen molar-refractivity contribution >= 4 is 39.6 Å². The zero-order chi connectivity index (χ0) is 19.0. The van der Waals surface area contributed by atoms with Crippen molar-refractivity contribution in [2.45, 2.75) is 0 Å². The molecule has 0 atom stereocenters. The molecule has 1 amide bonds. The molecule has 2 N–H and O–H groups in total. The van der Waals surface area contributed by atoms with E-state index in [4.69, 9.17) is 4.74 Å². The number of hydrogen-bond acceptors (Lipinski definition) is 7. The van der Waals surface area contributed by atoms with Crippen LogP contribution in [0.5, 0.6) is 5.88 Å². The summed E-state index contributed by atoms with van der Waals surface area (Å²) in [6.07, 6.45) is 0.